The van der Waals surface area contributed by atoms with E-state index < -0.39 is 29.9 Å². The van der Waals surface area contributed by atoms with Crippen molar-refractivity contribution in [1.29, 1.82) is 0 Å². The molecule has 0 unspecified atom stereocenters. The van der Waals surface area contributed by atoms with Gasteiger partial charge in [-0.25, -0.2) is 9.18 Å². The van der Waals surface area contributed by atoms with E-state index in [4.69, 9.17) is 4.74 Å². The van der Waals surface area contributed by atoms with Crippen LogP contribution in [0.5, 0.6) is 0 Å². The Balaban J connectivity index is 2.09. The van der Waals surface area contributed by atoms with Crippen LogP contribution in [0.4, 0.5) is 9.18 Å². The molecule has 1 fully saturated rings. The largest absolute Gasteiger partial charge is 0.446 e. The van der Waals surface area contributed by atoms with Crippen molar-refractivity contribution in [3.05, 3.63) is 35.6 Å². The highest BCUT2D eigenvalue weighted by Crippen LogP contribution is 2.11. The summed E-state index contributed by atoms with van der Waals surface area (Å²) in [5, 5.41) is 11.0. The van der Waals surface area contributed by atoms with Crippen molar-refractivity contribution in [2.75, 3.05) is 13.2 Å². The fourth-order valence-corrected chi connectivity index (χ4v) is 3.15. The van der Waals surface area contributed by atoms with Crippen LogP contribution in [0.25, 0.3) is 0 Å². The lowest BCUT2D eigenvalue weighted by Crippen LogP contribution is -2.51. The Morgan fingerprint density at radius 3 is 2.32 bits per heavy atom. The smallest absolute Gasteiger partial charge is 0.430 e. The van der Waals surface area contributed by atoms with Gasteiger partial charge >= 0.3 is 6.09 Å². The highest BCUT2D eigenvalue weighted by Gasteiger charge is 2.26. The second kappa shape index (κ2) is 11.4. The number of hydrogen-bond acceptors (Lipinski definition) is 5. The lowest BCUT2D eigenvalue weighted by molar-refractivity contribution is -0.123. The first-order chi connectivity index (χ1) is 14.7. The van der Waals surface area contributed by atoms with Crippen molar-refractivity contribution in [2.45, 2.75) is 52.6 Å². The topological polar surface area (TPSA) is 100 Å². The van der Waals surface area contributed by atoms with Crippen molar-refractivity contribution in [3.63, 3.8) is 0 Å². The third kappa shape index (κ3) is 7.99. The summed E-state index contributed by atoms with van der Waals surface area (Å²) in [4.78, 5) is 37.1. The van der Waals surface area contributed by atoms with Crippen molar-refractivity contribution in [1.82, 2.24) is 15.6 Å². The molecule has 0 saturated carbocycles. The minimum absolute atomic E-state index is 0.154. The number of halogens is 1. The van der Waals surface area contributed by atoms with Gasteiger partial charge in [0, 0.05) is 11.8 Å². The fraction of sp³-hybridized carbons (Fsp3) is 0.545. The van der Waals surface area contributed by atoms with E-state index in [0.717, 1.165) is 0 Å². The average Bonchev–Trinajstić information content (AvgIpc) is 3.10. The van der Waals surface area contributed by atoms with E-state index in [2.05, 4.69) is 15.7 Å². The Bertz CT molecular complexity index is 795. The number of benzene rings is 1. The van der Waals surface area contributed by atoms with Gasteiger partial charge in [-0.2, -0.15) is 10.1 Å². The van der Waals surface area contributed by atoms with Gasteiger partial charge in [0.1, 0.15) is 18.5 Å². The first-order valence-electron chi connectivity index (χ1n) is 10.5. The molecule has 9 heteroatoms. The van der Waals surface area contributed by atoms with E-state index >= 15 is 0 Å². The molecule has 0 spiro atoms. The third-order valence-corrected chi connectivity index (χ3v) is 4.61. The molecule has 1 aromatic rings. The van der Waals surface area contributed by atoms with Gasteiger partial charge in [-0.15, -0.1) is 0 Å². The summed E-state index contributed by atoms with van der Waals surface area (Å²) in [6.45, 7) is 8.58. The lowest BCUT2D eigenvalue weighted by Gasteiger charge is -2.24. The van der Waals surface area contributed by atoms with E-state index in [1.807, 2.05) is 27.7 Å². The predicted octanol–water partition coefficient (Wildman–Crippen LogP) is 2.94. The monoisotopic (exact) mass is 434 g/mol. The minimum Gasteiger partial charge on any atom is -0.446 e. The zero-order valence-corrected chi connectivity index (χ0v) is 18.4. The lowest BCUT2D eigenvalue weighted by atomic mass is 10.0. The number of cyclic esters (lactones) is 1. The molecule has 8 nitrogen and oxygen atoms in total. The number of carbonyl (C=O) groups excluding carboxylic acids is 3. The third-order valence-electron chi connectivity index (χ3n) is 4.61. The molecule has 3 amide bonds. The van der Waals surface area contributed by atoms with Gasteiger partial charge in [0.05, 0.1) is 12.6 Å². The highest BCUT2D eigenvalue weighted by atomic mass is 19.1. The number of nitrogens with zero attached hydrogens (tertiary/aromatic N) is 2. The van der Waals surface area contributed by atoms with Crippen LogP contribution in [0.15, 0.2) is 29.4 Å². The van der Waals surface area contributed by atoms with E-state index in [1.165, 1.54) is 35.5 Å². The molecule has 1 heterocycles. The summed E-state index contributed by atoms with van der Waals surface area (Å²) in [6.07, 6.45) is 2.05. The molecule has 2 atom stereocenters. The second-order valence-electron chi connectivity index (χ2n) is 8.41. The summed E-state index contributed by atoms with van der Waals surface area (Å²) in [5.74, 6) is -0.814. The molecular formula is C22H31FN4O4. The van der Waals surface area contributed by atoms with Crippen molar-refractivity contribution in [2.24, 2.45) is 16.9 Å². The van der Waals surface area contributed by atoms with Crippen molar-refractivity contribution >= 4 is 24.1 Å². The molecule has 1 aliphatic rings. The minimum atomic E-state index is -0.766. The first kappa shape index (κ1) is 24.3. The van der Waals surface area contributed by atoms with E-state index in [0.29, 0.717) is 19.4 Å². The van der Waals surface area contributed by atoms with Crippen molar-refractivity contribution in [3.8, 4) is 0 Å². The SMILES string of the molecule is CC(C)C[C@@H](/C=N/N1CCOC1=O)NC(=O)[C@H](CC(C)C)NC(=O)c1ccc(F)cc1. The Kier molecular flexibility index (Phi) is 8.96. The molecule has 1 aliphatic heterocycles. The Labute approximate surface area is 182 Å². The average molecular weight is 435 g/mol. The maximum absolute atomic E-state index is 13.1. The van der Waals surface area contributed by atoms with Gasteiger partial charge < -0.3 is 15.4 Å². The van der Waals surface area contributed by atoms with Gasteiger partial charge in [-0.1, -0.05) is 27.7 Å². The highest BCUT2D eigenvalue weighted by molar-refractivity contribution is 5.97. The quantitative estimate of drug-likeness (QED) is 0.553. The van der Waals surface area contributed by atoms with Gasteiger partial charge in [0.15, 0.2) is 0 Å². The summed E-state index contributed by atoms with van der Waals surface area (Å²) in [7, 11) is 0. The molecule has 1 saturated heterocycles. The molecule has 2 rings (SSSR count). The molecular weight excluding hydrogens is 403 g/mol. The number of nitrogens with one attached hydrogen (secondary N) is 2. The zero-order valence-electron chi connectivity index (χ0n) is 18.4. The molecule has 0 aromatic heterocycles. The normalized spacial score (nSPS) is 16.0. The van der Waals surface area contributed by atoms with Crippen molar-refractivity contribution < 1.29 is 23.5 Å². The first-order valence-corrected chi connectivity index (χ1v) is 10.5. The molecule has 31 heavy (non-hydrogen) atoms. The molecule has 170 valence electrons. The summed E-state index contributed by atoms with van der Waals surface area (Å²) >= 11 is 0. The van der Waals surface area contributed by atoms with Gasteiger partial charge in [0.25, 0.3) is 5.91 Å². The molecule has 1 aromatic carbocycles. The number of carbonyl (C=O) groups is 3. The Morgan fingerprint density at radius 1 is 1.13 bits per heavy atom. The molecule has 0 aliphatic carbocycles. The van der Waals surface area contributed by atoms with Crippen LogP contribution in [0.2, 0.25) is 0 Å². The number of rotatable bonds is 10. The summed E-state index contributed by atoms with van der Waals surface area (Å²) < 4.78 is 18.0. The standard InChI is InChI=1S/C22H31FN4O4/c1-14(2)11-18(13-24-27-9-10-31-22(27)30)25-21(29)19(12-15(3)4)26-20(28)16-5-7-17(23)8-6-16/h5-8,13-15,18-19H,9-12H2,1-4H3,(H,25,29)(H,26,28)/b24-13+/t18-,19-/m0/s1. The van der Waals surface area contributed by atoms with Crippen LogP contribution >= 0.6 is 0 Å². The van der Waals surface area contributed by atoms with Gasteiger partial charge in [-0.05, 0) is 48.9 Å². The van der Waals surface area contributed by atoms with Crippen LogP contribution in [0, 0.1) is 17.7 Å². The Morgan fingerprint density at radius 2 is 1.77 bits per heavy atom. The number of hydrogen-bond donors (Lipinski definition) is 2. The fourth-order valence-electron chi connectivity index (χ4n) is 3.15. The van der Waals surface area contributed by atoms with E-state index in [9.17, 15) is 18.8 Å². The Hall–Kier alpha value is -2.97. The van der Waals surface area contributed by atoms with Gasteiger partial charge in [-0.3, -0.25) is 9.59 Å². The maximum atomic E-state index is 13.1. The van der Waals surface area contributed by atoms with Crippen LogP contribution in [0.3, 0.4) is 0 Å². The van der Waals surface area contributed by atoms with Crippen LogP contribution in [0.1, 0.15) is 50.9 Å². The van der Waals surface area contributed by atoms with Crippen LogP contribution < -0.4 is 10.6 Å². The number of amides is 3. The second-order valence-corrected chi connectivity index (χ2v) is 8.41. The predicted molar refractivity (Wildman–Crippen MR) is 115 cm³/mol. The maximum Gasteiger partial charge on any atom is 0.430 e. The van der Waals surface area contributed by atoms with Crippen LogP contribution in [-0.4, -0.2) is 54.4 Å². The van der Waals surface area contributed by atoms with E-state index in [-0.39, 0.29) is 29.9 Å². The van der Waals surface area contributed by atoms with E-state index in [1.54, 1.807) is 0 Å². The van der Waals surface area contributed by atoms with Crippen LogP contribution in [-0.2, 0) is 9.53 Å². The number of ether oxygens (including phenoxy) is 1. The molecule has 0 radical (unpaired) electrons. The summed E-state index contributed by atoms with van der Waals surface area (Å²) in [6, 6.07) is 3.96. The summed E-state index contributed by atoms with van der Waals surface area (Å²) in [5.41, 5.74) is 0.274. The molecule has 0 bridgehead atoms. The van der Waals surface area contributed by atoms with Gasteiger partial charge in [0.2, 0.25) is 5.91 Å². The molecule has 2 N–H and O–H groups in total. The number of hydrazone groups is 1. The zero-order chi connectivity index (χ0) is 23.0.